The molecule has 1 saturated heterocycles. The molecular formula is C26H34N8O. The van der Waals surface area contributed by atoms with E-state index >= 15 is 0 Å². The zero-order chi connectivity index (χ0) is 24.5. The van der Waals surface area contributed by atoms with Gasteiger partial charge in [-0.1, -0.05) is 6.92 Å². The summed E-state index contributed by atoms with van der Waals surface area (Å²) in [5.41, 5.74) is 3.93. The fourth-order valence-electron chi connectivity index (χ4n) is 4.55. The number of rotatable bonds is 7. The van der Waals surface area contributed by atoms with Gasteiger partial charge >= 0.3 is 0 Å². The van der Waals surface area contributed by atoms with E-state index in [1.165, 1.54) is 0 Å². The van der Waals surface area contributed by atoms with E-state index in [1.54, 1.807) is 0 Å². The number of β-amino-alcohol motifs (C(OH)–C–C–N with tert-alkyl or cyclic N) is 1. The van der Waals surface area contributed by atoms with Gasteiger partial charge in [-0.05, 0) is 52.2 Å². The first-order valence-electron chi connectivity index (χ1n) is 12.5. The predicted molar refractivity (Wildman–Crippen MR) is 139 cm³/mol. The quantitative estimate of drug-likeness (QED) is 0.391. The maximum absolute atomic E-state index is 10.3. The fourth-order valence-corrected chi connectivity index (χ4v) is 4.55. The Hall–Kier alpha value is -3.46. The van der Waals surface area contributed by atoms with Crippen LogP contribution in [0.15, 0.2) is 43.0 Å². The Morgan fingerprint density at radius 2 is 1.97 bits per heavy atom. The van der Waals surface area contributed by atoms with Crippen molar-refractivity contribution in [3.8, 4) is 11.1 Å². The lowest BCUT2D eigenvalue weighted by Crippen LogP contribution is -2.38. The fraction of sp³-hybridized carbons (Fsp3) is 0.462. The van der Waals surface area contributed by atoms with Gasteiger partial charge in [0, 0.05) is 54.1 Å². The van der Waals surface area contributed by atoms with Crippen molar-refractivity contribution in [1.82, 2.24) is 29.5 Å². The molecule has 1 aliphatic heterocycles. The largest absolute Gasteiger partial charge is 0.391 e. The number of aliphatic hydroxyl groups excluding tert-OH is 1. The van der Waals surface area contributed by atoms with Gasteiger partial charge in [0.2, 0.25) is 0 Å². The van der Waals surface area contributed by atoms with Crippen LogP contribution >= 0.6 is 0 Å². The number of fused-ring (bicyclic) bond motifs is 1. The van der Waals surface area contributed by atoms with Crippen LogP contribution in [0.5, 0.6) is 0 Å². The van der Waals surface area contributed by atoms with Crippen LogP contribution < -0.4 is 10.2 Å². The molecule has 0 aromatic carbocycles. The number of piperidine rings is 1. The lowest BCUT2D eigenvalue weighted by molar-refractivity contribution is 0.154. The molecule has 9 heteroatoms. The van der Waals surface area contributed by atoms with Gasteiger partial charge in [-0.3, -0.25) is 4.68 Å². The molecule has 0 radical (unpaired) electrons. The third-order valence-corrected chi connectivity index (χ3v) is 6.77. The van der Waals surface area contributed by atoms with E-state index in [-0.39, 0.29) is 18.2 Å². The monoisotopic (exact) mass is 474 g/mol. The molecule has 4 aromatic heterocycles. The second-order valence-corrected chi connectivity index (χ2v) is 9.71. The highest BCUT2D eigenvalue weighted by Gasteiger charge is 2.22. The van der Waals surface area contributed by atoms with E-state index in [4.69, 9.17) is 9.97 Å². The predicted octanol–water partition coefficient (Wildman–Crippen LogP) is 4.95. The number of nitrogens with one attached hydrogen (secondary N) is 1. The number of aromatic nitrogens is 6. The minimum absolute atomic E-state index is 0.275. The molecule has 5 rings (SSSR count). The molecule has 0 saturated carbocycles. The summed E-state index contributed by atoms with van der Waals surface area (Å²) in [6.07, 6.45) is 10.1. The highest BCUT2D eigenvalue weighted by atomic mass is 16.3. The van der Waals surface area contributed by atoms with Crippen LogP contribution in [0.3, 0.4) is 0 Å². The summed E-state index contributed by atoms with van der Waals surface area (Å²) in [6, 6.07) is 6.60. The molecule has 0 spiro atoms. The molecule has 35 heavy (non-hydrogen) atoms. The SMILES string of the molecule is CCC(C)n1ncc2ccc(Nc3cc(N4CCC[C@H](O)C4)c(-c4cnn(C(C)C)c4)cn3)nc21. The third-order valence-electron chi connectivity index (χ3n) is 6.77. The molecule has 184 valence electrons. The molecule has 1 fully saturated rings. The molecule has 0 aliphatic carbocycles. The first kappa shape index (κ1) is 23.3. The van der Waals surface area contributed by atoms with Crippen molar-refractivity contribution >= 4 is 28.4 Å². The summed E-state index contributed by atoms with van der Waals surface area (Å²) >= 11 is 0. The molecule has 2 N–H and O–H groups in total. The van der Waals surface area contributed by atoms with Gasteiger partial charge in [0.1, 0.15) is 11.6 Å². The zero-order valence-electron chi connectivity index (χ0n) is 20.9. The zero-order valence-corrected chi connectivity index (χ0v) is 20.9. The minimum Gasteiger partial charge on any atom is -0.391 e. The summed E-state index contributed by atoms with van der Waals surface area (Å²) in [6.45, 7) is 10.0. The first-order valence-corrected chi connectivity index (χ1v) is 12.5. The van der Waals surface area contributed by atoms with Crippen LogP contribution in [-0.4, -0.2) is 53.8 Å². The van der Waals surface area contributed by atoms with E-state index in [2.05, 4.69) is 60.4 Å². The summed E-state index contributed by atoms with van der Waals surface area (Å²) in [5, 5.41) is 23.8. The molecule has 9 nitrogen and oxygen atoms in total. The number of nitrogens with zero attached hydrogens (tertiary/aromatic N) is 7. The standard InChI is InChI=1S/C26H34N8O/c1-5-18(4)34-26-19(12-29-34)8-9-24(31-26)30-25-11-23(32-10-6-7-21(35)16-32)22(14-27-25)20-13-28-33(15-20)17(2)3/h8-9,11-15,17-18,21,35H,5-7,10,16H2,1-4H3,(H,27,30,31)/t18?,21-/m0/s1. The molecular weight excluding hydrogens is 440 g/mol. The topological polar surface area (TPSA) is 96.9 Å². The van der Waals surface area contributed by atoms with Gasteiger partial charge in [-0.15, -0.1) is 0 Å². The molecule has 1 unspecified atom stereocenters. The number of hydrogen-bond acceptors (Lipinski definition) is 7. The summed E-state index contributed by atoms with van der Waals surface area (Å²) in [5.74, 6) is 1.43. The third kappa shape index (κ3) is 4.73. The number of anilines is 3. The Bertz CT molecular complexity index is 1310. The normalized spacial score (nSPS) is 17.3. The van der Waals surface area contributed by atoms with Crippen LogP contribution in [0.25, 0.3) is 22.2 Å². The minimum atomic E-state index is -0.329. The van der Waals surface area contributed by atoms with Crippen LogP contribution in [0.1, 0.15) is 59.0 Å². The van der Waals surface area contributed by atoms with Crippen LogP contribution in [0.2, 0.25) is 0 Å². The van der Waals surface area contributed by atoms with Gasteiger partial charge in [0.25, 0.3) is 0 Å². The lowest BCUT2D eigenvalue weighted by atomic mass is 10.0. The van der Waals surface area contributed by atoms with Gasteiger partial charge in [-0.2, -0.15) is 10.2 Å². The van der Waals surface area contributed by atoms with E-state index in [9.17, 15) is 5.11 Å². The highest BCUT2D eigenvalue weighted by Crippen LogP contribution is 2.35. The maximum atomic E-state index is 10.3. The van der Waals surface area contributed by atoms with Gasteiger partial charge < -0.3 is 15.3 Å². The smallest absolute Gasteiger partial charge is 0.160 e. The Morgan fingerprint density at radius 1 is 1.11 bits per heavy atom. The molecule has 0 bridgehead atoms. The number of pyridine rings is 2. The van der Waals surface area contributed by atoms with Crippen LogP contribution in [-0.2, 0) is 0 Å². The average Bonchev–Trinajstić information content (AvgIpc) is 3.51. The van der Waals surface area contributed by atoms with Gasteiger partial charge in [0.05, 0.1) is 30.2 Å². The molecule has 5 heterocycles. The molecule has 4 aromatic rings. The second kappa shape index (κ2) is 9.65. The van der Waals surface area contributed by atoms with Crippen LogP contribution in [0.4, 0.5) is 17.3 Å². The van der Waals surface area contributed by atoms with Crippen molar-refractivity contribution in [1.29, 1.82) is 0 Å². The van der Waals surface area contributed by atoms with Gasteiger partial charge in [0.15, 0.2) is 5.65 Å². The Balaban J connectivity index is 1.50. The van der Waals surface area contributed by atoms with E-state index in [1.807, 2.05) is 40.1 Å². The molecule has 2 atom stereocenters. The van der Waals surface area contributed by atoms with Crippen molar-refractivity contribution in [3.05, 3.63) is 43.0 Å². The number of aliphatic hydroxyl groups is 1. The Labute approximate surface area is 205 Å². The van der Waals surface area contributed by atoms with Crippen molar-refractivity contribution in [2.45, 2.75) is 65.1 Å². The van der Waals surface area contributed by atoms with Crippen molar-refractivity contribution in [2.75, 3.05) is 23.3 Å². The average molecular weight is 475 g/mol. The van der Waals surface area contributed by atoms with Crippen molar-refractivity contribution < 1.29 is 5.11 Å². The summed E-state index contributed by atoms with van der Waals surface area (Å²) in [7, 11) is 0. The van der Waals surface area contributed by atoms with E-state index in [0.29, 0.717) is 12.4 Å². The second-order valence-electron chi connectivity index (χ2n) is 9.71. The Morgan fingerprint density at radius 3 is 2.71 bits per heavy atom. The van der Waals surface area contributed by atoms with E-state index in [0.717, 1.165) is 59.5 Å². The molecule has 1 aliphatic rings. The number of hydrogen-bond donors (Lipinski definition) is 2. The lowest BCUT2D eigenvalue weighted by Gasteiger charge is -2.33. The Kier molecular flexibility index (Phi) is 6.42. The summed E-state index contributed by atoms with van der Waals surface area (Å²) in [4.78, 5) is 11.8. The summed E-state index contributed by atoms with van der Waals surface area (Å²) < 4.78 is 3.93. The van der Waals surface area contributed by atoms with Gasteiger partial charge in [-0.25, -0.2) is 14.6 Å². The van der Waals surface area contributed by atoms with Crippen molar-refractivity contribution in [3.63, 3.8) is 0 Å². The van der Waals surface area contributed by atoms with E-state index < -0.39 is 0 Å². The van der Waals surface area contributed by atoms with Crippen LogP contribution in [0, 0.1) is 0 Å². The molecule has 0 amide bonds. The van der Waals surface area contributed by atoms with Crippen molar-refractivity contribution in [2.24, 2.45) is 0 Å². The first-order chi connectivity index (χ1) is 16.9. The highest BCUT2D eigenvalue weighted by molar-refractivity contribution is 5.81. The maximum Gasteiger partial charge on any atom is 0.160 e.